The molecule has 3 aliphatic carbocycles. The maximum atomic E-state index is 13.9. The number of unbranched alkanes of at least 4 members (excludes halogenated alkanes) is 1. The zero-order valence-corrected chi connectivity index (χ0v) is 22.8. The number of nitrogens with one attached hydrogen (secondary N) is 1. The monoisotopic (exact) mass is 542 g/mol. The number of primary amides is 1. The SMILES string of the molecule is CN(C)CCCCNCc1ccc(O)c2c1C[C@H]1C[C@H]3[C@H](N(C)C)C(=O)C(C(N)=O)=C(O)[C@@]3(O)C(=O)C1=C2O. The van der Waals surface area contributed by atoms with Crippen molar-refractivity contribution in [2.45, 2.75) is 43.9 Å². The Kier molecular flexibility index (Phi) is 7.91. The number of phenols is 1. The molecule has 0 spiro atoms. The predicted molar refractivity (Wildman–Crippen MR) is 144 cm³/mol. The van der Waals surface area contributed by atoms with E-state index < -0.39 is 58.0 Å². The van der Waals surface area contributed by atoms with Crippen molar-refractivity contribution in [1.29, 1.82) is 0 Å². The van der Waals surface area contributed by atoms with E-state index in [0.29, 0.717) is 12.1 Å². The highest BCUT2D eigenvalue weighted by molar-refractivity contribution is 6.24. The first-order valence-electron chi connectivity index (χ1n) is 13.2. The van der Waals surface area contributed by atoms with Crippen LogP contribution in [0.4, 0.5) is 0 Å². The van der Waals surface area contributed by atoms with E-state index in [4.69, 9.17) is 5.73 Å². The molecule has 11 nitrogen and oxygen atoms in total. The van der Waals surface area contributed by atoms with Crippen molar-refractivity contribution in [3.8, 4) is 5.75 Å². The number of carbonyl (C=O) groups is 3. The van der Waals surface area contributed by atoms with Crippen molar-refractivity contribution in [2.75, 3.05) is 41.3 Å². The zero-order valence-electron chi connectivity index (χ0n) is 22.8. The van der Waals surface area contributed by atoms with Gasteiger partial charge in [-0.15, -0.1) is 0 Å². The predicted octanol–water partition coefficient (Wildman–Crippen LogP) is 0.395. The van der Waals surface area contributed by atoms with Gasteiger partial charge in [0.05, 0.1) is 11.6 Å². The molecule has 1 fully saturated rings. The lowest BCUT2D eigenvalue weighted by Crippen LogP contribution is -2.65. The molecule has 4 atom stereocenters. The largest absolute Gasteiger partial charge is 0.508 e. The first-order chi connectivity index (χ1) is 18.3. The minimum atomic E-state index is -2.63. The molecule has 7 N–H and O–H groups in total. The Morgan fingerprint density at radius 2 is 1.82 bits per heavy atom. The second-order valence-corrected chi connectivity index (χ2v) is 11.2. The van der Waals surface area contributed by atoms with Gasteiger partial charge in [-0.25, -0.2) is 0 Å². The molecule has 1 amide bonds. The van der Waals surface area contributed by atoms with Gasteiger partial charge in [0.25, 0.3) is 5.91 Å². The van der Waals surface area contributed by atoms with Crippen LogP contribution in [0.5, 0.6) is 5.75 Å². The van der Waals surface area contributed by atoms with Crippen LogP contribution in [-0.4, -0.2) is 101 Å². The molecule has 0 unspecified atom stereocenters. The van der Waals surface area contributed by atoms with E-state index in [2.05, 4.69) is 10.2 Å². The van der Waals surface area contributed by atoms with Gasteiger partial charge in [-0.2, -0.15) is 0 Å². The van der Waals surface area contributed by atoms with Crippen LogP contribution in [0.25, 0.3) is 5.76 Å². The number of aliphatic hydroxyl groups is 3. The fourth-order valence-corrected chi connectivity index (χ4v) is 6.37. The van der Waals surface area contributed by atoms with Crippen LogP contribution in [-0.2, 0) is 27.3 Å². The summed E-state index contributed by atoms with van der Waals surface area (Å²) in [6.45, 7) is 2.27. The van der Waals surface area contributed by atoms with Crippen LogP contribution >= 0.6 is 0 Å². The third kappa shape index (κ3) is 4.73. The summed E-state index contributed by atoms with van der Waals surface area (Å²) in [5.41, 5.74) is 3.40. The average molecular weight is 543 g/mol. The number of fused-ring (bicyclic) bond motifs is 3. The number of aliphatic hydroxyl groups excluding tert-OH is 2. The standard InChI is InChI=1S/C28H38N4O7/c1-31(2)10-6-5-9-30-13-14-7-8-18(33)20-16(14)11-15-12-17-22(32(3)4)24(35)21(27(29)38)26(37)28(17,39)25(36)19(15)23(20)34/h7-8,15,17,22,30,33-34,37,39H,5-6,9-13H2,1-4H3,(H2,29,38)/t15-,17-,22-,28-/m0/s1. The minimum Gasteiger partial charge on any atom is -0.508 e. The first-order valence-corrected chi connectivity index (χ1v) is 13.2. The van der Waals surface area contributed by atoms with Crippen molar-refractivity contribution in [3.63, 3.8) is 0 Å². The Balaban J connectivity index is 1.73. The van der Waals surface area contributed by atoms with Gasteiger partial charge in [0.1, 0.15) is 22.8 Å². The lowest BCUT2D eigenvalue weighted by atomic mass is 9.57. The summed E-state index contributed by atoms with van der Waals surface area (Å²) in [6.07, 6.45) is 2.37. The summed E-state index contributed by atoms with van der Waals surface area (Å²) in [7, 11) is 7.21. The molecule has 1 saturated carbocycles. The van der Waals surface area contributed by atoms with Crippen molar-refractivity contribution in [2.24, 2.45) is 17.6 Å². The summed E-state index contributed by atoms with van der Waals surface area (Å²) in [4.78, 5) is 42.7. The van der Waals surface area contributed by atoms with E-state index >= 15 is 0 Å². The molecule has 1 aromatic carbocycles. The zero-order chi connectivity index (χ0) is 28.8. The lowest BCUT2D eigenvalue weighted by molar-refractivity contribution is -0.153. The molecular weight excluding hydrogens is 504 g/mol. The number of benzene rings is 1. The molecule has 39 heavy (non-hydrogen) atoms. The smallest absolute Gasteiger partial charge is 0.255 e. The molecule has 0 saturated heterocycles. The highest BCUT2D eigenvalue weighted by atomic mass is 16.3. The van der Waals surface area contributed by atoms with Gasteiger partial charge in [0.2, 0.25) is 5.78 Å². The summed E-state index contributed by atoms with van der Waals surface area (Å²) >= 11 is 0. The van der Waals surface area contributed by atoms with Crippen LogP contribution < -0.4 is 11.1 Å². The minimum absolute atomic E-state index is 0.0683. The number of likely N-dealkylation sites (N-methyl/N-ethyl adjacent to an activating group) is 1. The number of rotatable bonds is 9. The van der Waals surface area contributed by atoms with Gasteiger partial charge < -0.3 is 36.4 Å². The number of aromatic hydroxyl groups is 1. The van der Waals surface area contributed by atoms with E-state index in [1.54, 1.807) is 20.2 Å². The fourth-order valence-electron chi connectivity index (χ4n) is 6.37. The van der Waals surface area contributed by atoms with Crippen molar-refractivity contribution in [1.82, 2.24) is 15.1 Å². The molecule has 0 bridgehead atoms. The Morgan fingerprint density at radius 3 is 2.44 bits per heavy atom. The molecule has 0 radical (unpaired) electrons. The summed E-state index contributed by atoms with van der Waals surface area (Å²) in [6, 6.07) is 2.13. The van der Waals surface area contributed by atoms with Gasteiger partial charge in [-0.1, -0.05) is 6.07 Å². The van der Waals surface area contributed by atoms with Gasteiger partial charge in [-0.05, 0) is 90.1 Å². The van der Waals surface area contributed by atoms with Crippen LogP contribution in [0, 0.1) is 11.8 Å². The third-order valence-corrected chi connectivity index (χ3v) is 8.23. The van der Waals surface area contributed by atoms with Crippen LogP contribution in [0.15, 0.2) is 29.0 Å². The van der Waals surface area contributed by atoms with E-state index in [0.717, 1.165) is 31.5 Å². The van der Waals surface area contributed by atoms with Gasteiger partial charge in [0.15, 0.2) is 11.4 Å². The van der Waals surface area contributed by atoms with Crippen LogP contribution in [0.3, 0.4) is 0 Å². The maximum Gasteiger partial charge on any atom is 0.255 e. The fraction of sp³-hybridized carbons (Fsp3) is 0.536. The lowest BCUT2D eigenvalue weighted by Gasteiger charge is -2.50. The number of phenolic OH excluding ortho intramolecular Hbond substituents is 1. The highest BCUT2D eigenvalue weighted by Gasteiger charge is 2.64. The number of hydrogen-bond donors (Lipinski definition) is 6. The molecule has 0 aliphatic heterocycles. The molecular formula is C28H38N4O7. The summed E-state index contributed by atoms with van der Waals surface area (Å²) < 4.78 is 0. The normalized spacial score (nSPS) is 26.7. The molecule has 0 heterocycles. The third-order valence-electron chi connectivity index (χ3n) is 8.23. The number of nitrogens with zero attached hydrogens (tertiary/aromatic N) is 2. The van der Waals surface area contributed by atoms with E-state index in [1.165, 1.54) is 11.0 Å². The van der Waals surface area contributed by atoms with Crippen LogP contribution in [0.1, 0.15) is 36.0 Å². The highest BCUT2D eigenvalue weighted by Crippen LogP contribution is 2.52. The Bertz CT molecular complexity index is 1270. The second kappa shape index (κ2) is 10.7. The summed E-state index contributed by atoms with van der Waals surface area (Å²) in [5, 5.41) is 48.0. The average Bonchev–Trinajstić information content (AvgIpc) is 2.84. The number of amides is 1. The number of carbonyl (C=O) groups excluding carboxylic acids is 3. The van der Waals surface area contributed by atoms with Crippen LogP contribution in [0.2, 0.25) is 0 Å². The first kappa shape index (κ1) is 28.8. The maximum absolute atomic E-state index is 13.9. The van der Waals surface area contributed by atoms with E-state index in [9.17, 15) is 34.8 Å². The number of nitrogens with two attached hydrogens (primary N) is 1. The molecule has 11 heteroatoms. The number of Topliss-reactive ketones (excluding diaryl/α,β-unsaturated/α-hetero) is 2. The second-order valence-electron chi connectivity index (χ2n) is 11.2. The molecule has 212 valence electrons. The van der Waals surface area contributed by atoms with Crippen molar-refractivity contribution in [3.05, 3.63) is 45.7 Å². The quantitative estimate of drug-likeness (QED) is 0.189. The molecule has 0 aromatic heterocycles. The Hall–Kier alpha value is -3.25. The van der Waals surface area contributed by atoms with E-state index in [-0.39, 0.29) is 29.7 Å². The Labute approximate surface area is 227 Å². The molecule has 3 aliphatic rings. The summed E-state index contributed by atoms with van der Waals surface area (Å²) in [5.74, 6) is -6.49. The molecule has 1 aromatic rings. The van der Waals surface area contributed by atoms with Gasteiger partial charge >= 0.3 is 0 Å². The van der Waals surface area contributed by atoms with Gasteiger partial charge in [0, 0.05) is 18.0 Å². The topological polar surface area (TPSA) is 177 Å². The van der Waals surface area contributed by atoms with Gasteiger partial charge in [-0.3, -0.25) is 19.3 Å². The number of hydrogen-bond acceptors (Lipinski definition) is 10. The number of ketones is 2. The molecule has 4 rings (SSSR count). The van der Waals surface area contributed by atoms with Crippen molar-refractivity contribution >= 4 is 23.2 Å². The Morgan fingerprint density at radius 1 is 1.13 bits per heavy atom. The van der Waals surface area contributed by atoms with Crippen molar-refractivity contribution < 1.29 is 34.8 Å². The van der Waals surface area contributed by atoms with E-state index in [1.807, 2.05) is 14.1 Å².